The normalized spacial score (nSPS) is 23.2. The minimum atomic E-state index is -5.07. The first-order valence-electron chi connectivity index (χ1n) is 11.4. The fraction of sp³-hybridized carbons (Fsp3) is 0.458. The van der Waals surface area contributed by atoms with Gasteiger partial charge in [-0.15, -0.1) is 0 Å². The van der Waals surface area contributed by atoms with Crippen molar-refractivity contribution < 1.29 is 39.6 Å². The Kier molecular flexibility index (Phi) is 7.57. The van der Waals surface area contributed by atoms with Crippen molar-refractivity contribution in [1.82, 2.24) is 9.80 Å². The molecular weight excluding hydrogens is 546 g/mol. The molecule has 0 radical (unpaired) electrons. The monoisotopic (exact) mass is 568 g/mol. The van der Waals surface area contributed by atoms with Gasteiger partial charge in [-0.25, -0.2) is 8.42 Å². The molecule has 2 aromatic rings. The summed E-state index contributed by atoms with van der Waals surface area (Å²) in [6, 6.07) is 7.50. The van der Waals surface area contributed by atoms with Crippen LogP contribution >= 0.6 is 11.6 Å². The number of sulfone groups is 1. The van der Waals surface area contributed by atoms with Crippen LogP contribution in [-0.2, 0) is 22.2 Å². The molecule has 37 heavy (non-hydrogen) atoms. The number of carbonyl (C=O) groups excluding carboxylic acids is 1. The van der Waals surface area contributed by atoms with Crippen molar-refractivity contribution in [1.29, 1.82) is 0 Å². The molecule has 13 heteroatoms. The van der Waals surface area contributed by atoms with Crippen molar-refractivity contribution in [2.45, 2.75) is 30.7 Å². The van der Waals surface area contributed by atoms with Gasteiger partial charge < -0.3 is 4.90 Å². The Labute approximate surface area is 214 Å². The molecule has 0 aliphatic carbocycles. The third-order valence-electron chi connectivity index (χ3n) is 6.84. The summed E-state index contributed by atoms with van der Waals surface area (Å²) in [5.74, 6) is -1.31. The number of rotatable bonds is 3. The van der Waals surface area contributed by atoms with Gasteiger partial charge in [-0.1, -0.05) is 23.7 Å². The zero-order chi connectivity index (χ0) is 27.2. The molecule has 2 heterocycles. The lowest BCUT2D eigenvalue weighted by Crippen LogP contribution is -2.54. The van der Waals surface area contributed by atoms with Gasteiger partial charge in [-0.05, 0) is 42.3 Å². The van der Waals surface area contributed by atoms with Gasteiger partial charge in [0.2, 0.25) is 0 Å². The first-order chi connectivity index (χ1) is 17.1. The highest BCUT2D eigenvalue weighted by molar-refractivity contribution is 7.91. The molecule has 0 N–H and O–H groups in total. The van der Waals surface area contributed by atoms with Crippen LogP contribution in [0.3, 0.4) is 0 Å². The maximum atomic E-state index is 13.3. The number of amides is 1. The highest BCUT2D eigenvalue weighted by atomic mass is 35.5. The van der Waals surface area contributed by atoms with E-state index in [0.717, 1.165) is 5.56 Å². The molecule has 2 saturated heterocycles. The number of nitrogens with zero attached hydrogens (tertiary/aromatic N) is 2. The Morgan fingerprint density at radius 3 is 1.92 bits per heavy atom. The minimum Gasteiger partial charge on any atom is -0.338 e. The summed E-state index contributed by atoms with van der Waals surface area (Å²) in [6.45, 7) is 0.724. The van der Waals surface area contributed by atoms with Crippen molar-refractivity contribution in [2.24, 2.45) is 0 Å². The van der Waals surface area contributed by atoms with E-state index in [2.05, 4.69) is 0 Å². The molecule has 2 aromatic carbocycles. The van der Waals surface area contributed by atoms with Crippen molar-refractivity contribution in [3.63, 3.8) is 0 Å². The largest absolute Gasteiger partial charge is 0.416 e. The molecule has 0 spiro atoms. The van der Waals surface area contributed by atoms with Gasteiger partial charge >= 0.3 is 12.4 Å². The summed E-state index contributed by atoms with van der Waals surface area (Å²) >= 11 is 6.00. The van der Waals surface area contributed by atoms with E-state index in [1.807, 2.05) is 4.90 Å². The number of hydrogen-bond acceptors (Lipinski definition) is 4. The fourth-order valence-electron chi connectivity index (χ4n) is 4.92. The Bertz CT molecular complexity index is 1220. The predicted octanol–water partition coefficient (Wildman–Crippen LogP) is 5.11. The molecule has 0 bridgehead atoms. The molecule has 202 valence electrons. The van der Waals surface area contributed by atoms with E-state index >= 15 is 0 Å². The molecule has 1 amide bonds. The van der Waals surface area contributed by atoms with Crippen LogP contribution in [0.1, 0.15) is 39.4 Å². The third kappa shape index (κ3) is 6.40. The topological polar surface area (TPSA) is 57.7 Å². The van der Waals surface area contributed by atoms with E-state index in [1.165, 1.54) is 4.90 Å². The maximum absolute atomic E-state index is 13.3. The summed E-state index contributed by atoms with van der Waals surface area (Å²) < 4.78 is 104. The van der Waals surface area contributed by atoms with Crippen molar-refractivity contribution in [3.05, 3.63) is 69.7 Å². The molecule has 5 nitrogen and oxygen atoms in total. The highest BCUT2D eigenvalue weighted by Crippen LogP contribution is 2.38. The van der Waals surface area contributed by atoms with E-state index < -0.39 is 44.8 Å². The second-order valence-corrected chi connectivity index (χ2v) is 12.0. The van der Waals surface area contributed by atoms with Gasteiger partial charge in [-0.3, -0.25) is 9.69 Å². The highest BCUT2D eigenvalue weighted by Gasteiger charge is 2.40. The number of halogens is 7. The Hall–Kier alpha value is -2.31. The van der Waals surface area contributed by atoms with E-state index in [0.29, 0.717) is 36.7 Å². The lowest BCUT2D eigenvalue weighted by atomic mass is 9.84. The van der Waals surface area contributed by atoms with Crippen molar-refractivity contribution in [2.75, 3.05) is 37.7 Å². The van der Waals surface area contributed by atoms with Crippen molar-refractivity contribution >= 4 is 27.3 Å². The number of hydrogen-bond donors (Lipinski definition) is 0. The number of alkyl halides is 6. The lowest BCUT2D eigenvalue weighted by Gasteiger charge is -2.45. The molecule has 2 aliphatic heterocycles. The van der Waals surface area contributed by atoms with Crippen LogP contribution in [0, 0.1) is 0 Å². The molecule has 0 saturated carbocycles. The van der Waals surface area contributed by atoms with Gasteiger partial charge in [0, 0.05) is 48.7 Å². The molecular formula is C24H23ClF6N2O3S. The molecule has 2 aliphatic rings. The summed E-state index contributed by atoms with van der Waals surface area (Å²) in [5, 5.41) is 0.469. The second-order valence-electron chi connectivity index (χ2n) is 9.25. The smallest absolute Gasteiger partial charge is 0.338 e. The van der Waals surface area contributed by atoms with Crippen LogP contribution in [0.25, 0.3) is 0 Å². The third-order valence-corrected chi connectivity index (χ3v) is 8.71. The number of piperidine rings is 1. The lowest BCUT2D eigenvalue weighted by molar-refractivity contribution is -0.143. The minimum absolute atomic E-state index is 0.00998. The number of likely N-dealkylation sites (tertiary alicyclic amines) is 1. The second kappa shape index (κ2) is 10.1. The Morgan fingerprint density at radius 1 is 0.865 bits per heavy atom. The molecule has 0 unspecified atom stereocenters. The molecule has 2 atom stereocenters. The van der Waals surface area contributed by atoms with E-state index in [1.54, 1.807) is 24.3 Å². The summed E-state index contributed by atoms with van der Waals surface area (Å²) in [6.07, 6.45) is -9.77. The molecule has 4 rings (SSSR count). The van der Waals surface area contributed by atoms with Gasteiger partial charge in [0.15, 0.2) is 9.84 Å². The molecule has 0 aromatic heterocycles. The quantitative estimate of drug-likeness (QED) is 0.483. The summed E-state index contributed by atoms with van der Waals surface area (Å²) in [4.78, 5) is 16.5. The summed E-state index contributed by atoms with van der Waals surface area (Å²) in [7, 11) is -3.14. The van der Waals surface area contributed by atoms with Gasteiger partial charge in [0.1, 0.15) is 0 Å². The summed E-state index contributed by atoms with van der Waals surface area (Å²) in [5.41, 5.74) is -3.02. The Balaban J connectivity index is 1.65. The van der Waals surface area contributed by atoms with Crippen LogP contribution in [0.15, 0.2) is 42.5 Å². The zero-order valence-electron chi connectivity index (χ0n) is 19.3. The van der Waals surface area contributed by atoms with Gasteiger partial charge in [0.05, 0.1) is 22.6 Å². The maximum Gasteiger partial charge on any atom is 0.416 e. The predicted molar refractivity (Wildman–Crippen MR) is 125 cm³/mol. The first kappa shape index (κ1) is 27.7. The number of benzene rings is 2. The standard InChI is InChI=1S/C24H23ClF6N2O3S/c25-19-3-1-15(2-4-19)20-14-33(6-5-21(20)32-7-9-37(35,36)10-8-32)22(34)16-11-17(23(26,27)28)13-18(12-16)24(29,30)31/h1-4,11-13,20-21H,5-10,14H2/t20-,21-/m1/s1. The average Bonchev–Trinajstić information content (AvgIpc) is 2.82. The SMILES string of the molecule is O=C(c1cc(C(F)(F)F)cc(C(F)(F)F)c1)N1CC[C@@H](N2CCS(=O)(=O)CC2)[C@@H](c2ccc(Cl)cc2)C1. The average molecular weight is 569 g/mol. The van der Waals surface area contributed by atoms with Crippen LogP contribution < -0.4 is 0 Å². The van der Waals surface area contributed by atoms with E-state index in [4.69, 9.17) is 11.6 Å². The zero-order valence-corrected chi connectivity index (χ0v) is 20.9. The van der Waals surface area contributed by atoms with Gasteiger partial charge in [-0.2, -0.15) is 26.3 Å². The van der Waals surface area contributed by atoms with Crippen LogP contribution in [0.5, 0.6) is 0 Å². The molecule has 2 fully saturated rings. The van der Waals surface area contributed by atoms with Crippen LogP contribution in [0.2, 0.25) is 5.02 Å². The van der Waals surface area contributed by atoms with Crippen LogP contribution in [0.4, 0.5) is 26.3 Å². The first-order valence-corrected chi connectivity index (χ1v) is 13.6. The van der Waals surface area contributed by atoms with Crippen molar-refractivity contribution in [3.8, 4) is 0 Å². The van der Waals surface area contributed by atoms with E-state index in [9.17, 15) is 39.6 Å². The van der Waals surface area contributed by atoms with Gasteiger partial charge in [0.25, 0.3) is 5.91 Å². The van der Waals surface area contributed by atoms with E-state index in [-0.39, 0.29) is 42.6 Å². The van der Waals surface area contributed by atoms with Crippen LogP contribution in [-0.4, -0.2) is 67.9 Å². The Morgan fingerprint density at radius 2 is 1.41 bits per heavy atom. The number of carbonyl (C=O) groups is 1. The fourth-order valence-corrected chi connectivity index (χ4v) is 6.27.